The van der Waals surface area contributed by atoms with E-state index >= 15 is 4.39 Å². The van der Waals surface area contributed by atoms with Crippen LogP contribution in [0.25, 0.3) is 0 Å². The number of aromatic amines is 1. The first-order valence-corrected chi connectivity index (χ1v) is 12.0. The molecule has 1 aliphatic rings. The topological polar surface area (TPSA) is 126 Å². The molecule has 1 aromatic heterocycles. The zero-order chi connectivity index (χ0) is 24.9. The molecule has 2 unspecified atom stereocenters. The van der Waals surface area contributed by atoms with Gasteiger partial charge in [0, 0.05) is 23.3 Å². The Bertz CT molecular complexity index is 1450. The molecule has 4 rings (SSSR count). The summed E-state index contributed by atoms with van der Waals surface area (Å²) in [6, 6.07) is 4.55. The van der Waals surface area contributed by atoms with Crippen molar-refractivity contribution < 1.29 is 17.2 Å². The molecule has 1 aliphatic heterocycles. The summed E-state index contributed by atoms with van der Waals surface area (Å²) in [6.45, 7) is 7.25. The lowest BCUT2D eigenvalue weighted by Crippen LogP contribution is -2.42. The van der Waals surface area contributed by atoms with Crippen LogP contribution in [0.4, 0.5) is 10.1 Å². The van der Waals surface area contributed by atoms with Crippen LogP contribution in [0.1, 0.15) is 34.7 Å². The molecule has 12 heteroatoms. The Balaban J connectivity index is 1.97. The molecule has 0 aliphatic carbocycles. The predicted molar refractivity (Wildman–Crippen MR) is 126 cm³/mol. The zero-order valence-corrected chi connectivity index (χ0v) is 20.2. The standard InChI is InChI=1S/C22H23ClFN5O4S/c1-11-5-7-15(24)18(13(11)3)19(25)20(21-26-27-22(30)33-21)29-10-12(2)28(4)16-9-14(23)6-8-17(16)34(29,31)32/h5-9,19-20H,2,10,25H2,1,3-4H3,(H,27,30). The number of H-pyrrole nitrogens is 1. The molecule has 0 saturated carbocycles. The quantitative estimate of drug-likeness (QED) is 0.555. The average Bonchev–Trinajstić information content (AvgIpc) is 3.18. The van der Waals surface area contributed by atoms with Gasteiger partial charge in [-0.25, -0.2) is 22.7 Å². The number of aromatic nitrogens is 2. The Hall–Kier alpha value is -2.99. The van der Waals surface area contributed by atoms with Crippen molar-refractivity contribution in [3.8, 4) is 0 Å². The van der Waals surface area contributed by atoms with E-state index in [0.717, 1.165) is 9.87 Å². The summed E-state index contributed by atoms with van der Waals surface area (Å²) in [6.07, 6.45) is 0. The highest BCUT2D eigenvalue weighted by atomic mass is 35.5. The lowest BCUT2D eigenvalue weighted by molar-refractivity contribution is 0.246. The van der Waals surface area contributed by atoms with Gasteiger partial charge in [0.25, 0.3) is 0 Å². The highest BCUT2D eigenvalue weighted by Crippen LogP contribution is 2.42. The summed E-state index contributed by atoms with van der Waals surface area (Å²) in [5.74, 6) is -1.81. The number of likely N-dealkylation sites (N-methyl/N-ethyl adjacent to an activating group) is 1. The summed E-state index contributed by atoms with van der Waals surface area (Å²) in [4.78, 5) is 13.3. The van der Waals surface area contributed by atoms with Crippen molar-refractivity contribution in [3.05, 3.63) is 86.6 Å². The average molecular weight is 508 g/mol. The summed E-state index contributed by atoms with van der Waals surface area (Å²) in [7, 11) is -2.62. The van der Waals surface area contributed by atoms with Crippen molar-refractivity contribution in [2.24, 2.45) is 5.73 Å². The fourth-order valence-electron chi connectivity index (χ4n) is 4.08. The van der Waals surface area contributed by atoms with Crippen molar-refractivity contribution in [1.29, 1.82) is 0 Å². The second kappa shape index (κ2) is 8.66. The van der Waals surface area contributed by atoms with Gasteiger partial charge < -0.3 is 15.1 Å². The number of hydrogen-bond donors (Lipinski definition) is 2. The van der Waals surface area contributed by atoms with E-state index in [1.165, 1.54) is 24.3 Å². The van der Waals surface area contributed by atoms with Crippen molar-refractivity contribution >= 4 is 27.3 Å². The molecule has 180 valence electrons. The van der Waals surface area contributed by atoms with Crippen LogP contribution in [0.15, 0.2) is 56.7 Å². The number of benzene rings is 2. The summed E-state index contributed by atoms with van der Waals surface area (Å²) < 4.78 is 49.1. The van der Waals surface area contributed by atoms with Gasteiger partial charge in [0.15, 0.2) is 0 Å². The van der Waals surface area contributed by atoms with Crippen molar-refractivity contribution in [2.45, 2.75) is 30.8 Å². The van der Waals surface area contributed by atoms with Crippen molar-refractivity contribution in [2.75, 3.05) is 18.5 Å². The Labute approximate surface area is 200 Å². The van der Waals surface area contributed by atoms with Gasteiger partial charge in [-0.05, 0) is 49.2 Å². The molecule has 0 saturated heterocycles. The minimum absolute atomic E-state index is 0.0606. The van der Waals surface area contributed by atoms with E-state index in [0.29, 0.717) is 22.0 Å². The third-order valence-corrected chi connectivity index (χ3v) is 8.22. The predicted octanol–water partition coefficient (Wildman–Crippen LogP) is 3.17. The van der Waals surface area contributed by atoms with Gasteiger partial charge in [-0.1, -0.05) is 24.2 Å². The van der Waals surface area contributed by atoms with Crippen LogP contribution in [0.3, 0.4) is 0 Å². The number of nitrogens with one attached hydrogen (secondary N) is 1. The summed E-state index contributed by atoms with van der Waals surface area (Å²) in [5, 5.41) is 6.32. The third-order valence-electron chi connectivity index (χ3n) is 6.11. The number of halogens is 2. The summed E-state index contributed by atoms with van der Waals surface area (Å²) in [5.41, 5.74) is 8.65. The van der Waals surface area contributed by atoms with Gasteiger partial charge in [0.2, 0.25) is 15.9 Å². The molecule has 2 atom stereocenters. The molecule has 3 aromatic rings. The second-order valence-electron chi connectivity index (χ2n) is 8.11. The van der Waals surface area contributed by atoms with Gasteiger partial charge in [0.05, 0.1) is 18.3 Å². The van der Waals surface area contributed by atoms with Crippen molar-refractivity contribution in [1.82, 2.24) is 14.5 Å². The van der Waals surface area contributed by atoms with Crippen LogP contribution in [-0.2, 0) is 10.0 Å². The molecule has 0 bridgehead atoms. The van der Waals surface area contributed by atoms with E-state index < -0.39 is 33.7 Å². The largest absolute Gasteiger partial charge is 0.434 e. The van der Waals surface area contributed by atoms with E-state index in [1.54, 1.807) is 31.9 Å². The lowest BCUT2D eigenvalue weighted by Gasteiger charge is -2.32. The van der Waals surface area contributed by atoms with E-state index in [2.05, 4.69) is 16.8 Å². The minimum Gasteiger partial charge on any atom is -0.391 e. The van der Waals surface area contributed by atoms with Crippen LogP contribution in [0.2, 0.25) is 5.02 Å². The van der Waals surface area contributed by atoms with Crippen LogP contribution >= 0.6 is 11.6 Å². The molecule has 9 nitrogen and oxygen atoms in total. The third kappa shape index (κ3) is 3.94. The minimum atomic E-state index is -4.28. The number of nitrogens with zero attached hydrogens (tertiary/aromatic N) is 3. The van der Waals surface area contributed by atoms with Gasteiger partial charge in [0.1, 0.15) is 16.8 Å². The SMILES string of the molecule is C=C1CN(C(c2n[nH]c(=O)o2)C(N)c2c(F)ccc(C)c2C)S(=O)(=O)c2ccc(Cl)cc2N1C. The number of hydrogen-bond acceptors (Lipinski definition) is 7. The molecule has 2 aromatic carbocycles. The number of anilines is 1. The first-order chi connectivity index (χ1) is 15.9. The maximum atomic E-state index is 15.0. The first kappa shape index (κ1) is 24.1. The van der Waals surface area contributed by atoms with Crippen LogP contribution < -0.4 is 16.4 Å². The van der Waals surface area contributed by atoms with Gasteiger partial charge in [-0.15, -0.1) is 5.10 Å². The molecule has 0 amide bonds. The molecule has 34 heavy (non-hydrogen) atoms. The van der Waals surface area contributed by atoms with Crippen LogP contribution in [-0.4, -0.2) is 36.5 Å². The number of nitrogens with two attached hydrogens (primary N) is 1. The van der Waals surface area contributed by atoms with Gasteiger partial charge in [-0.3, -0.25) is 0 Å². The molecular weight excluding hydrogens is 485 g/mol. The zero-order valence-electron chi connectivity index (χ0n) is 18.7. The highest BCUT2D eigenvalue weighted by Gasteiger charge is 2.44. The fourth-order valence-corrected chi connectivity index (χ4v) is 6.04. The maximum Gasteiger partial charge on any atom is 0.434 e. The van der Waals surface area contributed by atoms with E-state index in [1.807, 2.05) is 0 Å². The van der Waals surface area contributed by atoms with Gasteiger partial charge >= 0.3 is 5.76 Å². The number of fused-ring (bicyclic) bond motifs is 1. The van der Waals surface area contributed by atoms with E-state index in [9.17, 15) is 13.2 Å². The number of aryl methyl sites for hydroxylation is 1. The monoisotopic (exact) mass is 507 g/mol. The lowest BCUT2D eigenvalue weighted by atomic mass is 9.92. The maximum absolute atomic E-state index is 15.0. The Kier molecular flexibility index (Phi) is 6.15. The first-order valence-electron chi connectivity index (χ1n) is 10.2. The molecular formula is C22H23ClFN5O4S. The molecule has 0 spiro atoms. The van der Waals surface area contributed by atoms with Gasteiger partial charge in [-0.2, -0.15) is 4.31 Å². The van der Waals surface area contributed by atoms with E-state index in [4.69, 9.17) is 21.8 Å². The Morgan fingerprint density at radius 2 is 2.00 bits per heavy atom. The van der Waals surface area contributed by atoms with Crippen LogP contribution in [0.5, 0.6) is 0 Å². The molecule has 3 N–H and O–H groups in total. The highest BCUT2D eigenvalue weighted by molar-refractivity contribution is 7.89. The molecule has 2 heterocycles. The van der Waals surface area contributed by atoms with E-state index in [-0.39, 0.29) is 22.9 Å². The number of rotatable bonds is 4. The Morgan fingerprint density at radius 3 is 2.65 bits per heavy atom. The molecule has 0 radical (unpaired) electrons. The normalized spacial score (nSPS) is 17.8. The smallest absolute Gasteiger partial charge is 0.391 e. The Morgan fingerprint density at radius 1 is 1.29 bits per heavy atom. The van der Waals surface area contributed by atoms with Crippen molar-refractivity contribution in [3.63, 3.8) is 0 Å². The second-order valence-corrected chi connectivity index (χ2v) is 10.4. The summed E-state index contributed by atoms with van der Waals surface area (Å²) >= 11 is 6.12. The fraction of sp³-hybridized carbons (Fsp3) is 0.273. The van der Waals surface area contributed by atoms with Crippen LogP contribution in [0, 0.1) is 19.7 Å². The molecule has 0 fully saturated rings. The number of sulfonamides is 1.